The fourth-order valence-electron chi connectivity index (χ4n) is 9.01. The quantitative estimate of drug-likeness (QED) is 0.346. The van der Waals surface area contributed by atoms with Crippen molar-refractivity contribution in [1.82, 2.24) is 15.1 Å². The van der Waals surface area contributed by atoms with Crippen molar-refractivity contribution in [2.75, 3.05) is 57.8 Å². The maximum absolute atomic E-state index is 14.6. The van der Waals surface area contributed by atoms with Gasteiger partial charge in [-0.3, -0.25) is 4.79 Å². The van der Waals surface area contributed by atoms with Crippen LogP contribution in [-0.4, -0.2) is 94.4 Å². The molecule has 268 valence electrons. The van der Waals surface area contributed by atoms with Crippen molar-refractivity contribution in [3.05, 3.63) is 72.6 Å². The van der Waals surface area contributed by atoms with Gasteiger partial charge in [0.05, 0.1) is 28.7 Å². The number of likely N-dealkylation sites (tertiary alicyclic amines) is 2. The molecule has 0 spiro atoms. The number of nitriles is 1. The van der Waals surface area contributed by atoms with Crippen molar-refractivity contribution in [3.8, 4) is 6.07 Å². The van der Waals surface area contributed by atoms with Gasteiger partial charge in [0.1, 0.15) is 5.82 Å². The first-order valence-electron chi connectivity index (χ1n) is 17.8. The van der Waals surface area contributed by atoms with E-state index in [9.17, 15) is 27.7 Å². The molecule has 12 heteroatoms. The highest BCUT2D eigenvalue weighted by Gasteiger charge is 2.53. The van der Waals surface area contributed by atoms with Gasteiger partial charge < -0.3 is 24.8 Å². The van der Waals surface area contributed by atoms with Crippen LogP contribution in [0.3, 0.4) is 0 Å². The van der Waals surface area contributed by atoms with Gasteiger partial charge in [-0.05, 0) is 106 Å². The molecule has 6 rings (SSSR count). The summed E-state index contributed by atoms with van der Waals surface area (Å²) in [6.45, 7) is 8.75. The van der Waals surface area contributed by atoms with Crippen LogP contribution in [0.15, 0.2) is 66.1 Å². The normalized spacial score (nSPS) is 23.8. The number of piperidine rings is 2. The number of alkyl carbamates (subject to hydrolysis) is 1. The maximum Gasteiger partial charge on any atom is 0.407 e. The van der Waals surface area contributed by atoms with E-state index in [0.717, 1.165) is 70.5 Å². The molecule has 2 aromatic carbocycles. The largest absolute Gasteiger partial charge is 0.453 e. The standard InChI is InChI=1S/C38H48FN5O5S/c1-3-36(45)43-20-16-33(17-21-43)50(47,48)32-12-10-31(11-13-32)44-24-27(25-44)23-42-18-14-28(15-19-42)38(26-40,29-6-4-7-30(39)22-29)34-8-5-9-35(34)41-37(46)49-2/h3-4,6-7,10-13,22,27-28,33-35H,1,5,8-9,14-21,23-25H2,2H3,(H,41,46)/t34?,35-,38-/m0/s1. The maximum atomic E-state index is 14.6. The lowest BCUT2D eigenvalue weighted by molar-refractivity contribution is -0.126. The second-order valence-electron chi connectivity index (χ2n) is 14.4. The molecule has 0 aromatic heterocycles. The molecule has 4 fully saturated rings. The number of hydrogen-bond acceptors (Lipinski definition) is 8. The fraction of sp³-hybridized carbons (Fsp3) is 0.553. The van der Waals surface area contributed by atoms with E-state index in [4.69, 9.17) is 4.74 Å². The van der Waals surface area contributed by atoms with Gasteiger partial charge >= 0.3 is 6.09 Å². The first-order chi connectivity index (χ1) is 24.1. The minimum absolute atomic E-state index is 0.0189. The van der Waals surface area contributed by atoms with Gasteiger partial charge in [-0.25, -0.2) is 17.6 Å². The van der Waals surface area contributed by atoms with Crippen molar-refractivity contribution < 1.29 is 27.1 Å². The number of carbonyl (C=O) groups is 2. The summed E-state index contributed by atoms with van der Waals surface area (Å²) in [5, 5.41) is 13.4. The van der Waals surface area contributed by atoms with Crippen molar-refractivity contribution >= 4 is 27.5 Å². The number of amides is 2. The monoisotopic (exact) mass is 705 g/mol. The van der Waals surface area contributed by atoms with E-state index in [1.54, 1.807) is 23.1 Å². The zero-order chi connectivity index (χ0) is 35.5. The number of nitrogens with one attached hydrogen (secondary N) is 1. The van der Waals surface area contributed by atoms with E-state index >= 15 is 0 Å². The van der Waals surface area contributed by atoms with Crippen molar-refractivity contribution in [2.24, 2.45) is 17.8 Å². The zero-order valence-electron chi connectivity index (χ0n) is 28.8. The van der Waals surface area contributed by atoms with Gasteiger partial charge in [-0.2, -0.15) is 5.26 Å². The molecule has 50 heavy (non-hydrogen) atoms. The summed E-state index contributed by atoms with van der Waals surface area (Å²) in [5.74, 6) is -0.170. The number of anilines is 1. The molecule has 3 heterocycles. The average molecular weight is 706 g/mol. The van der Waals surface area contributed by atoms with Crippen LogP contribution in [0.2, 0.25) is 0 Å². The first-order valence-corrected chi connectivity index (χ1v) is 19.4. The highest BCUT2D eigenvalue weighted by Crippen LogP contribution is 2.50. The smallest absolute Gasteiger partial charge is 0.407 e. The number of ether oxygens (including phenoxy) is 1. The predicted octanol–water partition coefficient (Wildman–Crippen LogP) is 4.91. The summed E-state index contributed by atoms with van der Waals surface area (Å²) in [6, 6.07) is 16.1. The highest BCUT2D eigenvalue weighted by atomic mass is 32.2. The Morgan fingerprint density at radius 3 is 2.36 bits per heavy atom. The zero-order valence-corrected chi connectivity index (χ0v) is 29.6. The molecule has 1 N–H and O–H groups in total. The van der Waals surface area contributed by atoms with Crippen molar-refractivity contribution in [2.45, 2.75) is 66.5 Å². The third kappa shape index (κ3) is 7.12. The second kappa shape index (κ2) is 15.1. The minimum atomic E-state index is -3.48. The van der Waals surface area contributed by atoms with Crippen LogP contribution >= 0.6 is 0 Å². The number of sulfone groups is 1. The molecule has 1 saturated carbocycles. The van der Waals surface area contributed by atoms with Gasteiger partial charge in [0.2, 0.25) is 5.91 Å². The Hall–Kier alpha value is -3.95. The van der Waals surface area contributed by atoms with Crippen LogP contribution in [-0.2, 0) is 24.8 Å². The van der Waals surface area contributed by atoms with Gasteiger partial charge in [0.15, 0.2) is 9.84 Å². The van der Waals surface area contributed by atoms with E-state index in [-0.39, 0.29) is 29.6 Å². The number of methoxy groups -OCH3 is 1. The van der Waals surface area contributed by atoms with Gasteiger partial charge in [-0.15, -0.1) is 0 Å². The lowest BCUT2D eigenvalue weighted by atomic mass is 9.59. The number of halogens is 1. The van der Waals surface area contributed by atoms with Gasteiger partial charge in [0, 0.05) is 56.3 Å². The van der Waals surface area contributed by atoms with Crippen LogP contribution in [0, 0.1) is 34.9 Å². The molecule has 3 saturated heterocycles. The third-order valence-electron chi connectivity index (χ3n) is 11.7. The number of carbonyl (C=O) groups excluding carboxylic acids is 2. The highest BCUT2D eigenvalue weighted by molar-refractivity contribution is 7.92. The molecule has 2 aromatic rings. The van der Waals surface area contributed by atoms with E-state index in [1.165, 1.54) is 25.3 Å². The van der Waals surface area contributed by atoms with Crippen LogP contribution in [0.4, 0.5) is 14.9 Å². The Bertz CT molecular complexity index is 1690. The fourth-order valence-corrected chi connectivity index (χ4v) is 10.7. The molecule has 0 bridgehead atoms. The molecule has 1 aliphatic carbocycles. The number of hydrogen-bond donors (Lipinski definition) is 1. The Kier molecular flexibility index (Phi) is 10.8. The summed E-state index contributed by atoms with van der Waals surface area (Å²) in [4.78, 5) is 30.8. The minimum Gasteiger partial charge on any atom is -0.453 e. The van der Waals surface area contributed by atoms with Gasteiger partial charge in [-0.1, -0.05) is 25.1 Å². The molecular formula is C38H48FN5O5S. The van der Waals surface area contributed by atoms with E-state index in [2.05, 4.69) is 27.8 Å². The Morgan fingerprint density at radius 2 is 1.74 bits per heavy atom. The van der Waals surface area contributed by atoms with Crippen molar-refractivity contribution in [3.63, 3.8) is 0 Å². The van der Waals surface area contributed by atoms with Crippen LogP contribution in [0.25, 0.3) is 0 Å². The van der Waals surface area contributed by atoms with E-state index < -0.39 is 26.6 Å². The first kappa shape index (κ1) is 35.9. The third-order valence-corrected chi connectivity index (χ3v) is 14.0. The number of benzene rings is 2. The molecule has 0 radical (unpaired) electrons. The Morgan fingerprint density at radius 1 is 1.04 bits per heavy atom. The Labute approximate surface area is 295 Å². The SMILES string of the molecule is C=CC(=O)N1CCC(S(=O)(=O)c2ccc(N3CC(CN4CCC([C@@](C#N)(c5cccc(F)c5)C5CCC[C@@H]5NC(=O)OC)CC4)C3)cc2)CC1. The lowest BCUT2D eigenvalue weighted by Gasteiger charge is -2.48. The molecule has 10 nitrogen and oxygen atoms in total. The average Bonchev–Trinajstić information content (AvgIpc) is 3.58. The summed E-state index contributed by atoms with van der Waals surface area (Å²) >= 11 is 0. The lowest BCUT2D eigenvalue weighted by Crippen LogP contribution is -2.55. The summed E-state index contributed by atoms with van der Waals surface area (Å²) in [7, 11) is -2.14. The van der Waals surface area contributed by atoms with Gasteiger partial charge in [0.25, 0.3) is 0 Å². The number of rotatable bonds is 10. The van der Waals surface area contributed by atoms with Crippen LogP contribution in [0.1, 0.15) is 50.5 Å². The van der Waals surface area contributed by atoms with Crippen molar-refractivity contribution in [1.29, 1.82) is 5.26 Å². The van der Waals surface area contributed by atoms with Crippen LogP contribution < -0.4 is 10.2 Å². The molecule has 2 amide bonds. The Balaban J connectivity index is 1.04. The summed E-state index contributed by atoms with van der Waals surface area (Å²) < 4.78 is 46.1. The molecular weight excluding hydrogens is 658 g/mol. The second-order valence-corrected chi connectivity index (χ2v) is 16.6. The number of nitrogens with zero attached hydrogens (tertiary/aromatic N) is 4. The van der Waals surface area contributed by atoms with Crippen LogP contribution in [0.5, 0.6) is 0 Å². The topological polar surface area (TPSA) is 123 Å². The molecule has 4 aliphatic rings. The summed E-state index contributed by atoms with van der Waals surface area (Å²) in [5.41, 5.74) is 0.775. The van der Waals surface area contributed by atoms with E-state index in [0.29, 0.717) is 42.3 Å². The molecule has 1 unspecified atom stereocenters. The summed E-state index contributed by atoms with van der Waals surface area (Å²) in [6.07, 6.45) is 5.64. The van der Waals surface area contributed by atoms with E-state index in [1.807, 2.05) is 18.2 Å². The predicted molar refractivity (Wildman–Crippen MR) is 189 cm³/mol. The molecule has 3 atom stereocenters. The molecule has 3 aliphatic heterocycles.